The Kier molecular flexibility index (Phi) is 5.36. The Balaban J connectivity index is 1.92. The van der Waals surface area contributed by atoms with Crippen molar-refractivity contribution < 1.29 is 34.8 Å². The molecular formula is C21H30O8S2. The molecule has 0 amide bonds. The number of hydrogen-bond acceptors (Lipinski definition) is 8. The minimum atomic E-state index is -3.99. The van der Waals surface area contributed by atoms with Crippen LogP contribution in [0.15, 0.2) is 11.6 Å². The van der Waals surface area contributed by atoms with Gasteiger partial charge in [-0.25, -0.2) is 0 Å². The van der Waals surface area contributed by atoms with Gasteiger partial charge in [0.1, 0.15) is 18.0 Å². The summed E-state index contributed by atoms with van der Waals surface area (Å²) in [6.07, 6.45) is 4.21. The Morgan fingerprint density at radius 2 is 1.48 bits per heavy atom. The van der Waals surface area contributed by atoms with Crippen molar-refractivity contribution in [2.24, 2.45) is 28.6 Å². The van der Waals surface area contributed by atoms with Gasteiger partial charge in [0.05, 0.1) is 12.5 Å². The van der Waals surface area contributed by atoms with Gasteiger partial charge in [-0.3, -0.25) is 18.0 Å². The molecule has 31 heavy (non-hydrogen) atoms. The molecule has 0 aromatic carbocycles. The molecule has 0 spiro atoms. The van der Waals surface area contributed by atoms with E-state index in [0.29, 0.717) is 44.1 Å². The number of hydrogen-bond donors (Lipinski definition) is 0. The van der Waals surface area contributed by atoms with Gasteiger partial charge in [-0.1, -0.05) is 13.8 Å². The molecule has 0 aliphatic heterocycles. The maximum atomic E-state index is 12.8. The van der Waals surface area contributed by atoms with Crippen molar-refractivity contribution in [1.82, 2.24) is 0 Å². The molecule has 4 aliphatic rings. The third-order valence-corrected chi connectivity index (χ3v) is 9.40. The molecule has 3 fully saturated rings. The monoisotopic (exact) mass is 474 g/mol. The molecule has 0 aromatic rings. The van der Waals surface area contributed by atoms with Crippen molar-refractivity contribution in [3.8, 4) is 0 Å². The van der Waals surface area contributed by atoms with Crippen LogP contribution in [0.1, 0.15) is 52.4 Å². The fraction of sp³-hybridized carbons (Fsp3) is 0.810. The number of ketones is 2. The van der Waals surface area contributed by atoms with E-state index in [1.807, 2.05) is 13.8 Å². The van der Waals surface area contributed by atoms with Gasteiger partial charge in [-0.2, -0.15) is 16.8 Å². The molecule has 0 heterocycles. The molecular weight excluding hydrogens is 444 g/mol. The van der Waals surface area contributed by atoms with Gasteiger partial charge in [0, 0.05) is 18.3 Å². The molecule has 0 bridgehead atoms. The minimum absolute atomic E-state index is 0.0398. The molecule has 0 unspecified atom stereocenters. The average Bonchev–Trinajstić information content (AvgIpc) is 2.92. The average molecular weight is 475 g/mol. The fourth-order valence-corrected chi connectivity index (χ4v) is 8.13. The highest BCUT2D eigenvalue weighted by Crippen LogP contribution is 2.65. The molecule has 0 radical (unpaired) electrons. The third-order valence-electron chi connectivity index (χ3n) is 8.28. The number of carbonyl (C=O) groups excluding carboxylic acids is 2. The molecule has 8 nitrogen and oxygen atoms in total. The van der Waals surface area contributed by atoms with E-state index in [1.54, 1.807) is 0 Å². The van der Waals surface area contributed by atoms with Gasteiger partial charge in [-0.15, -0.1) is 0 Å². The smallest absolute Gasteiger partial charge is 0.265 e. The van der Waals surface area contributed by atoms with Gasteiger partial charge in [0.15, 0.2) is 5.78 Å². The summed E-state index contributed by atoms with van der Waals surface area (Å²) in [6.45, 7) is 3.95. The summed E-state index contributed by atoms with van der Waals surface area (Å²) >= 11 is 0. The predicted octanol–water partition coefficient (Wildman–Crippen LogP) is 2.00. The zero-order valence-electron chi connectivity index (χ0n) is 18.3. The normalized spacial score (nSPS) is 43.1. The fourth-order valence-electron chi connectivity index (χ4n) is 6.90. The number of fused-ring (bicyclic) bond motifs is 5. The molecule has 4 aliphatic carbocycles. The highest BCUT2D eigenvalue weighted by Gasteiger charge is 2.65. The van der Waals surface area contributed by atoms with Gasteiger partial charge >= 0.3 is 0 Å². The maximum Gasteiger partial charge on any atom is 0.265 e. The Bertz CT molecular complexity index is 1060. The lowest BCUT2D eigenvalue weighted by Gasteiger charge is -2.60. The van der Waals surface area contributed by atoms with Crippen LogP contribution in [-0.2, 0) is 38.2 Å². The van der Waals surface area contributed by atoms with Crippen molar-refractivity contribution in [3.05, 3.63) is 11.6 Å². The SMILES string of the molecule is C[C@]12CCC(=O)C=C1[C@H](OS(C)(=O)=O)[C@H](OS(C)(=O)=O)[C@@H]1[C@@H]2CC[C@]2(C)C(=O)CC[C@@H]12. The molecule has 0 saturated heterocycles. The topological polar surface area (TPSA) is 121 Å². The first-order chi connectivity index (χ1) is 14.2. The van der Waals surface area contributed by atoms with Crippen molar-refractivity contribution >= 4 is 31.8 Å². The summed E-state index contributed by atoms with van der Waals surface area (Å²) in [6, 6.07) is 0. The first-order valence-electron chi connectivity index (χ1n) is 10.7. The minimum Gasteiger partial charge on any atom is -0.299 e. The summed E-state index contributed by atoms with van der Waals surface area (Å²) in [5.41, 5.74) is -0.618. The zero-order valence-corrected chi connectivity index (χ0v) is 19.9. The third kappa shape index (κ3) is 3.83. The quantitative estimate of drug-likeness (QED) is 0.567. The van der Waals surface area contributed by atoms with Crippen LogP contribution < -0.4 is 0 Å². The van der Waals surface area contributed by atoms with E-state index in [0.717, 1.165) is 12.5 Å². The van der Waals surface area contributed by atoms with Crippen LogP contribution in [0.2, 0.25) is 0 Å². The van der Waals surface area contributed by atoms with Crippen molar-refractivity contribution in [1.29, 1.82) is 0 Å². The van der Waals surface area contributed by atoms with E-state index >= 15 is 0 Å². The van der Waals surface area contributed by atoms with Crippen molar-refractivity contribution in [2.75, 3.05) is 12.5 Å². The molecule has 4 rings (SSSR count). The number of rotatable bonds is 4. The van der Waals surface area contributed by atoms with Crippen LogP contribution in [0, 0.1) is 28.6 Å². The predicted molar refractivity (Wildman–Crippen MR) is 112 cm³/mol. The standard InChI is InChI=1S/C21H30O8S2/c1-20-9-7-12(22)11-15(20)18(28-30(3,24)25)19(29-31(4,26)27)17-13-5-6-16(23)21(13,2)10-8-14(17)20/h11,13-14,17-19H,5-10H2,1-4H3/t13-,14-,17-,18-,19+,20+,21-/m0/s1. The van der Waals surface area contributed by atoms with Gasteiger partial charge in [0.2, 0.25) is 0 Å². The molecule has 174 valence electrons. The molecule has 7 atom stereocenters. The van der Waals surface area contributed by atoms with Crippen LogP contribution in [0.25, 0.3) is 0 Å². The van der Waals surface area contributed by atoms with Gasteiger partial charge in [-0.05, 0) is 60.5 Å². The van der Waals surface area contributed by atoms with Crippen LogP contribution in [0.4, 0.5) is 0 Å². The Morgan fingerprint density at radius 1 is 0.871 bits per heavy atom. The lowest BCUT2D eigenvalue weighted by atomic mass is 9.46. The van der Waals surface area contributed by atoms with E-state index in [9.17, 15) is 26.4 Å². The van der Waals surface area contributed by atoms with E-state index in [1.165, 1.54) is 6.08 Å². The van der Waals surface area contributed by atoms with E-state index < -0.39 is 43.3 Å². The van der Waals surface area contributed by atoms with Crippen molar-refractivity contribution in [3.63, 3.8) is 0 Å². The lowest BCUT2D eigenvalue weighted by Crippen LogP contribution is -2.62. The van der Waals surface area contributed by atoms with Crippen LogP contribution in [0.5, 0.6) is 0 Å². The highest BCUT2D eigenvalue weighted by atomic mass is 32.2. The van der Waals surface area contributed by atoms with E-state index in [2.05, 4.69) is 0 Å². The highest BCUT2D eigenvalue weighted by molar-refractivity contribution is 7.86. The Morgan fingerprint density at radius 3 is 2.10 bits per heavy atom. The van der Waals surface area contributed by atoms with E-state index in [4.69, 9.17) is 8.37 Å². The second-order valence-corrected chi connectivity index (χ2v) is 13.4. The lowest BCUT2D eigenvalue weighted by molar-refractivity contribution is -0.145. The summed E-state index contributed by atoms with van der Waals surface area (Å²) in [7, 11) is -7.95. The summed E-state index contributed by atoms with van der Waals surface area (Å²) in [4.78, 5) is 25.1. The molecule has 0 N–H and O–H groups in total. The summed E-state index contributed by atoms with van der Waals surface area (Å²) in [5.74, 6) is -0.515. The largest absolute Gasteiger partial charge is 0.299 e. The van der Waals surface area contributed by atoms with Gasteiger partial charge < -0.3 is 0 Å². The zero-order chi connectivity index (χ0) is 23.0. The first-order valence-corrected chi connectivity index (χ1v) is 14.3. The molecule has 10 heteroatoms. The second kappa shape index (κ2) is 7.20. The molecule has 0 aromatic heterocycles. The van der Waals surface area contributed by atoms with Crippen LogP contribution >= 0.6 is 0 Å². The number of Topliss-reactive ketones (excluding diaryl/α,β-unsaturated/α-hetero) is 1. The van der Waals surface area contributed by atoms with E-state index in [-0.39, 0.29) is 29.3 Å². The maximum absolute atomic E-state index is 12.8. The molecule has 3 saturated carbocycles. The Labute approximate surface area is 184 Å². The van der Waals surface area contributed by atoms with Crippen LogP contribution in [0.3, 0.4) is 0 Å². The Hall–Kier alpha value is -1.10. The second-order valence-electron chi connectivity index (χ2n) is 10.2. The summed E-state index contributed by atoms with van der Waals surface area (Å²) in [5, 5.41) is 0. The first kappa shape index (κ1) is 23.1. The van der Waals surface area contributed by atoms with Gasteiger partial charge in [0.25, 0.3) is 20.2 Å². The number of carbonyl (C=O) groups is 2. The van der Waals surface area contributed by atoms with Crippen LogP contribution in [-0.4, -0.2) is 53.1 Å². The van der Waals surface area contributed by atoms with Crippen molar-refractivity contribution in [2.45, 2.75) is 64.6 Å². The summed E-state index contributed by atoms with van der Waals surface area (Å²) < 4.78 is 59.8.